The van der Waals surface area contributed by atoms with Gasteiger partial charge in [0.2, 0.25) is 5.43 Å². The van der Waals surface area contributed by atoms with E-state index in [1.807, 2.05) is 0 Å². The van der Waals surface area contributed by atoms with Gasteiger partial charge in [0.1, 0.15) is 17.1 Å². The van der Waals surface area contributed by atoms with Gasteiger partial charge in [0, 0.05) is 37.0 Å². The Morgan fingerprint density at radius 2 is 2.07 bits per heavy atom. The molecular formula is C20H18F2N4O4. The highest BCUT2D eigenvalue weighted by Crippen LogP contribution is 2.31. The lowest BCUT2D eigenvalue weighted by Gasteiger charge is -2.21. The molecule has 1 aliphatic rings. The molecule has 2 aromatic heterocycles. The number of aromatic hydroxyl groups is 1. The van der Waals surface area contributed by atoms with E-state index < -0.39 is 34.3 Å². The Labute approximate surface area is 168 Å². The second-order valence-electron chi connectivity index (χ2n) is 7.25. The number of aryl methyl sites for hydroxylation is 1. The maximum Gasteiger partial charge on any atom is 0.341 e. The summed E-state index contributed by atoms with van der Waals surface area (Å²) >= 11 is 0. The minimum absolute atomic E-state index is 0.00789. The number of aromatic carboxylic acids is 1. The van der Waals surface area contributed by atoms with Crippen LogP contribution in [0.2, 0.25) is 0 Å². The Hall–Kier alpha value is -3.53. The third-order valence-electron chi connectivity index (χ3n) is 5.25. The first-order chi connectivity index (χ1) is 14.2. The Kier molecular flexibility index (Phi) is 4.65. The molecule has 1 fully saturated rings. The molecule has 1 atom stereocenters. The maximum atomic E-state index is 15.2. The monoisotopic (exact) mass is 416 g/mol. The van der Waals surface area contributed by atoms with Gasteiger partial charge in [0.25, 0.3) is 0 Å². The number of nitrogens with two attached hydrogens (primary N) is 1. The van der Waals surface area contributed by atoms with Crippen molar-refractivity contribution in [1.82, 2.24) is 9.55 Å². The number of aromatic nitrogens is 2. The van der Waals surface area contributed by atoms with Crippen LogP contribution in [0.15, 0.2) is 29.2 Å². The normalized spacial score (nSPS) is 16.4. The number of phenolic OH excluding ortho intramolecular Hbond substituents is 1. The number of phenols is 1. The molecule has 0 aliphatic carbocycles. The van der Waals surface area contributed by atoms with Crippen LogP contribution in [0.3, 0.4) is 0 Å². The average Bonchev–Trinajstić information content (AvgIpc) is 3.11. The van der Waals surface area contributed by atoms with Crippen molar-refractivity contribution in [3.8, 4) is 11.4 Å². The van der Waals surface area contributed by atoms with Crippen LogP contribution in [0.1, 0.15) is 22.3 Å². The van der Waals surface area contributed by atoms with Gasteiger partial charge in [0.15, 0.2) is 17.3 Å². The van der Waals surface area contributed by atoms with E-state index >= 15 is 4.39 Å². The van der Waals surface area contributed by atoms with Crippen LogP contribution in [0, 0.1) is 18.6 Å². The number of carboxylic acid groups (broad SMARTS) is 1. The fourth-order valence-electron chi connectivity index (χ4n) is 3.71. The summed E-state index contributed by atoms with van der Waals surface area (Å²) in [6.45, 7) is 2.20. The third-order valence-corrected chi connectivity index (χ3v) is 5.25. The molecule has 10 heteroatoms. The smallest absolute Gasteiger partial charge is 0.341 e. The number of benzene rings is 1. The van der Waals surface area contributed by atoms with Gasteiger partial charge >= 0.3 is 5.97 Å². The molecule has 8 nitrogen and oxygen atoms in total. The van der Waals surface area contributed by atoms with Gasteiger partial charge in [0.05, 0.1) is 11.1 Å². The molecule has 4 N–H and O–H groups in total. The molecule has 1 aromatic carbocycles. The van der Waals surface area contributed by atoms with Gasteiger partial charge in [-0.2, -0.15) is 0 Å². The number of nitrogens with zero attached hydrogens (tertiary/aromatic N) is 3. The Bertz CT molecular complexity index is 1260. The molecule has 3 heterocycles. The van der Waals surface area contributed by atoms with Crippen LogP contribution < -0.4 is 16.1 Å². The number of carboxylic acids is 1. The largest absolute Gasteiger partial charge is 0.506 e. The lowest BCUT2D eigenvalue weighted by molar-refractivity contribution is 0.0695. The zero-order chi connectivity index (χ0) is 21.7. The Morgan fingerprint density at radius 1 is 1.33 bits per heavy atom. The van der Waals surface area contributed by atoms with Crippen molar-refractivity contribution in [2.45, 2.75) is 19.4 Å². The highest BCUT2D eigenvalue weighted by Gasteiger charge is 2.28. The van der Waals surface area contributed by atoms with Crippen molar-refractivity contribution in [2.24, 2.45) is 5.73 Å². The second-order valence-corrected chi connectivity index (χ2v) is 7.25. The fraction of sp³-hybridized carbons (Fsp3) is 0.250. The van der Waals surface area contributed by atoms with E-state index in [0.717, 1.165) is 22.9 Å². The summed E-state index contributed by atoms with van der Waals surface area (Å²) in [5.41, 5.74) is 4.25. The first-order valence-corrected chi connectivity index (χ1v) is 9.17. The van der Waals surface area contributed by atoms with E-state index in [2.05, 4.69) is 4.98 Å². The molecule has 1 saturated heterocycles. The molecule has 1 aliphatic heterocycles. The predicted octanol–water partition coefficient (Wildman–Crippen LogP) is 1.91. The standard InChI is InChI=1S/C20H18F2N4O4/c1-9-15-17(28)12(20(29)30)8-26(13-3-2-10(21)6-14(13)27)18(15)24-19(16(9)22)25-5-4-11(23)7-25/h2-3,6,8,11,27H,4-5,7,23H2,1H3,(H,29,30)/t11-/m0/s1. The Morgan fingerprint density at radius 3 is 2.67 bits per heavy atom. The highest BCUT2D eigenvalue weighted by atomic mass is 19.1. The second kappa shape index (κ2) is 7.06. The Balaban J connectivity index is 2.11. The lowest BCUT2D eigenvalue weighted by atomic mass is 10.1. The topological polar surface area (TPSA) is 122 Å². The van der Waals surface area contributed by atoms with E-state index in [4.69, 9.17) is 5.73 Å². The van der Waals surface area contributed by atoms with Crippen molar-refractivity contribution >= 4 is 22.8 Å². The number of hydrogen-bond acceptors (Lipinski definition) is 6. The minimum Gasteiger partial charge on any atom is -0.506 e. The van der Waals surface area contributed by atoms with E-state index in [9.17, 15) is 24.2 Å². The number of rotatable bonds is 3. The number of anilines is 1. The molecule has 30 heavy (non-hydrogen) atoms. The molecule has 3 aromatic rings. The third kappa shape index (κ3) is 3.05. The average molecular weight is 416 g/mol. The summed E-state index contributed by atoms with van der Waals surface area (Å²) in [5.74, 6) is -3.49. The van der Waals surface area contributed by atoms with Gasteiger partial charge < -0.3 is 20.8 Å². The van der Waals surface area contributed by atoms with Gasteiger partial charge in [-0.1, -0.05) is 0 Å². The highest BCUT2D eigenvalue weighted by molar-refractivity contribution is 5.94. The summed E-state index contributed by atoms with van der Waals surface area (Å²) < 4.78 is 29.8. The van der Waals surface area contributed by atoms with Gasteiger partial charge in [-0.15, -0.1) is 0 Å². The molecule has 0 saturated carbocycles. The first-order valence-electron chi connectivity index (χ1n) is 9.17. The van der Waals surface area contributed by atoms with Crippen LogP contribution in [-0.2, 0) is 0 Å². The zero-order valence-corrected chi connectivity index (χ0v) is 15.9. The van der Waals surface area contributed by atoms with Gasteiger partial charge in [-0.3, -0.25) is 9.36 Å². The van der Waals surface area contributed by atoms with Crippen molar-refractivity contribution in [3.05, 3.63) is 57.4 Å². The fourth-order valence-corrected chi connectivity index (χ4v) is 3.71. The summed E-state index contributed by atoms with van der Waals surface area (Å²) in [7, 11) is 0. The van der Waals surface area contributed by atoms with Crippen LogP contribution in [-0.4, -0.2) is 44.9 Å². The zero-order valence-electron chi connectivity index (χ0n) is 15.9. The molecule has 0 spiro atoms. The van der Waals surface area contributed by atoms with E-state index in [1.165, 1.54) is 13.0 Å². The van der Waals surface area contributed by atoms with Gasteiger partial charge in [-0.05, 0) is 25.5 Å². The number of carbonyl (C=O) groups is 1. The number of hydrogen-bond donors (Lipinski definition) is 3. The summed E-state index contributed by atoms with van der Waals surface area (Å²) in [6, 6.07) is 2.97. The van der Waals surface area contributed by atoms with Crippen LogP contribution in [0.4, 0.5) is 14.6 Å². The predicted molar refractivity (Wildman–Crippen MR) is 105 cm³/mol. The van der Waals surface area contributed by atoms with Crippen molar-refractivity contribution in [1.29, 1.82) is 0 Å². The van der Waals surface area contributed by atoms with Crippen molar-refractivity contribution < 1.29 is 23.8 Å². The maximum absolute atomic E-state index is 15.2. The van der Waals surface area contributed by atoms with E-state index in [1.54, 1.807) is 4.90 Å². The van der Waals surface area contributed by atoms with Crippen molar-refractivity contribution in [2.75, 3.05) is 18.0 Å². The minimum atomic E-state index is -1.52. The summed E-state index contributed by atoms with van der Waals surface area (Å²) in [5, 5.41) is 19.4. The van der Waals surface area contributed by atoms with Gasteiger partial charge in [-0.25, -0.2) is 18.6 Å². The summed E-state index contributed by atoms with van der Waals surface area (Å²) in [4.78, 5) is 30.4. The quantitative estimate of drug-likeness (QED) is 0.596. The molecule has 0 unspecified atom stereocenters. The lowest BCUT2D eigenvalue weighted by Crippen LogP contribution is -2.28. The molecule has 4 rings (SSSR count). The molecule has 156 valence electrons. The first kappa shape index (κ1) is 19.8. The number of fused-ring (bicyclic) bond motifs is 1. The number of halogens is 2. The van der Waals surface area contributed by atoms with Crippen molar-refractivity contribution in [3.63, 3.8) is 0 Å². The number of pyridine rings is 2. The summed E-state index contributed by atoms with van der Waals surface area (Å²) in [6.07, 6.45) is 1.63. The van der Waals surface area contributed by atoms with Crippen LogP contribution in [0.25, 0.3) is 16.7 Å². The SMILES string of the molecule is Cc1c(F)c(N2CC[C@H](N)C2)nc2c1c(=O)c(C(=O)O)cn2-c1ccc(F)cc1O. The molecule has 0 amide bonds. The molecule has 0 bridgehead atoms. The van der Waals surface area contributed by atoms with E-state index in [0.29, 0.717) is 19.5 Å². The molecule has 0 radical (unpaired) electrons. The van der Waals surface area contributed by atoms with Crippen LogP contribution in [0.5, 0.6) is 5.75 Å². The van der Waals surface area contributed by atoms with E-state index in [-0.39, 0.29) is 34.1 Å². The molecular weight excluding hydrogens is 398 g/mol. The van der Waals surface area contributed by atoms with Crippen LogP contribution >= 0.6 is 0 Å².